The van der Waals surface area contributed by atoms with Gasteiger partial charge in [-0.15, -0.1) is 0 Å². The lowest BCUT2D eigenvalue weighted by molar-refractivity contribution is 0.925. The molecule has 11 heavy (non-hydrogen) atoms. The van der Waals surface area contributed by atoms with E-state index in [1.807, 2.05) is 6.92 Å². The van der Waals surface area contributed by atoms with Crippen molar-refractivity contribution in [3.05, 3.63) is 11.9 Å². The first-order chi connectivity index (χ1) is 5.38. The highest BCUT2D eigenvalue weighted by Crippen LogP contribution is 1.88. The number of aromatic amines is 1. The highest BCUT2D eigenvalue weighted by molar-refractivity contribution is 5.96. The van der Waals surface area contributed by atoms with Gasteiger partial charge in [0.05, 0.1) is 6.20 Å². The number of nitrogens with one attached hydrogen (secondary N) is 2. The molecule has 0 aliphatic carbocycles. The van der Waals surface area contributed by atoms with E-state index in [0.717, 1.165) is 0 Å². The third kappa shape index (κ3) is 1.74. The fourth-order valence-corrected chi connectivity index (χ4v) is 0.674. The van der Waals surface area contributed by atoms with Crippen molar-refractivity contribution in [2.75, 3.05) is 6.54 Å². The van der Waals surface area contributed by atoms with Crippen LogP contribution in [0.4, 0.5) is 0 Å². The third-order valence-corrected chi connectivity index (χ3v) is 1.11. The monoisotopic (exact) mass is 154 g/mol. The smallest absolute Gasteiger partial charge is 0.165 e. The standard InChI is InChI=1S/C5H10N6/c1-2-7-5(9-6)4-3-8-11-10-4/h3H,2,6H2,1H3,(H,7,9)(H,8,10,11). The molecule has 0 saturated carbocycles. The van der Waals surface area contributed by atoms with Gasteiger partial charge in [0.2, 0.25) is 0 Å². The molecule has 1 heterocycles. The summed E-state index contributed by atoms with van der Waals surface area (Å²) in [6.07, 6.45) is 1.55. The maximum Gasteiger partial charge on any atom is 0.165 e. The van der Waals surface area contributed by atoms with Gasteiger partial charge in [0.15, 0.2) is 5.84 Å². The zero-order chi connectivity index (χ0) is 8.10. The Morgan fingerprint density at radius 2 is 2.73 bits per heavy atom. The normalized spacial score (nSPS) is 11.6. The largest absolute Gasteiger partial charge is 0.307 e. The molecule has 0 amide bonds. The Kier molecular flexibility index (Phi) is 2.56. The lowest BCUT2D eigenvalue weighted by Gasteiger charge is -1.98. The number of hydrogen-bond donors (Lipinski definition) is 3. The van der Waals surface area contributed by atoms with Crippen molar-refractivity contribution < 1.29 is 0 Å². The second-order valence-electron chi connectivity index (χ2n) is 1.82. The molecular weight excluding hydrogens is 144 g/mol. The molecule has 60 valence electrons. The summed E-state index contributed by atoms with van der Waals surface area (Å²) in [6, 6.07) is 0. The Balaban J connectivity index is 2.79. The molecule has 0 aliphatic rings. The molecular formula is C5H10N6. The minimum Gasteiger partial charge on any atom is -0.307 e. The van der Waals surface area contributed by atoms with Crippen LogP contribution >= 0.6 is 0 Å². The molecule has 0 fully saturated rings. The van der Waals surface area contributed by atoms with E-state index in [-0.39, 0.29) is 0 Å². The first kappa shape index (κ1) is 7.67. The van der Waals surface area contributed by atoms with Gasteiger partial charge in [-0.2, -0.15) is 15.4 Å². The van der Waals surface area contributed by atoms with Crippen molar-refractivity contribution >= 4 is 5.84 Å². The van der Waals surface area contributed by atoms with Crippen LogP contribution in [0.25, 0.3) is 0 Å². The van der Waals surface area contributed by atoms with Crippen LogP contribution in [-0.2, 0) is 0 Å². The zero-order valence-corrected chi connectivity index (χ0v) is 6.20. The summed E-state index contributed by atoms with van der Waals surface area (Å²) in [4.78, 5) is 4.04. The first-order valence-corrected chi connectivity index (χ1v) is 3.25. The predicted octanol–water partition coefficient (Wildman–Crippen LogP) is -0.965. The Morgan fingerprint density at radius 1 is 1.91 bits per heavy atom. The molecule has 1 aromatic heterocycles. The lowest BCUT2D eigenvalue weighted by Crippen LogP contribution is -2.31. The van der Waals surface area contributed by atoms with E-state index in [0.29, 0.717) is 18.1 Å². The van der Waals surface area contributed by atoms with Crippen molar-refractivity contribution in [1.29, 1.82) is 0 Å². The maximum absolute atomic E-state index is 5.19. The summed E-state index contributed by atoms with van der Waals surface area (Å²) in [6.45, 7) is 2.57. The fraction of sp³-hybridized carbons (Fsp3) is 0.400. The average molecular weight is 154 g/mol. The van der Waals surface area contributed by atoms with Crippen LogP contribution in [0.5, 0.6) is 0 Å². The van der Waals surface area contributed by atoms with Gasteiger partial charge in [0.25, 0.3) is 0 Å². The second-order valence-corrected chi connectivity index (χ2v) is 1.82. The molecule has 0 aromatic carbocycles. The molecule has 4 N–H and O–H groups in total. The third-order valence-electron chi connectivity index (χ3n) is 1.11. The number of amidine groups is 1. The Hall–Kier alpha value is -1.43. The van der Waals surface area contributed by atoms with E-state index in [9.17, 15) is 0 Å². The van der Waals surface area contributed by atoms with E-state index in [2.05, 4.69) is 25.8 Å². The van der Waals surface area contributed by atoms with Crippen LogP contribution in [0.2, 0.25) is 0 Å². The van der Waals surface area contributed by atoms with Crippen molar-refractivity contribution in [1.82, 2.24) is 20.8 Å². The summed E-state index contributed by atoms with van der Waals surface area (Å²) < 4.78 is 0. The summed E-state index contributed by atoms with van der Waals surface area (Å²) in [5.41, 5.74) is 3.05. The van der Waals surface area contributed by atoms with Crippen LogP contribution in [0.1, 0.15) is 12.6 Å². The van der Waals surface area contributed by atoms with Gasteiger partial charge in [-0.1, -0.05) is 0 Å². The van der Waals surface area contributed by atoms with Gasteiger partial charge in [0.1, 0.15) is 5.69 Å². The minimum atomic E-state index is 0.543. The highest BCUT2D eigenvalue weighted by atomic mass is 15.3. The number of aliphatic imine (C=N–C) groups is 1. The van der Waals surface area contributed by atoms with Gasteiger partial charge < -0.3 is 5.43 Å². The second kappa shape index (κ2) is 3.67. The van der Waals surface area contributed by atoms with Crippen LogP contribution < -0.4 is 11.3 Å². The molecule has 0 unspecified atom stereocenters. The van der Waals surface area contributed by atoms with E-state index < -0.39 is 0 Å². The maximum atomic E-state index is 5.19. The number of hydrazine groups is 1. The minimum absolute atomic E-state index is 0.543. The van der Waals surface area contributed by atoms with Crippen LogP contribution in [0.15, 0.2) is 11.2 Å². The predicted molar refractivity (Wildman–Crippen MR) is 40.8 cm³/mol. The van der Waals surface area contributed by atoms with Crippen LogP contribution in [0, 0.1) is 0 Å². The number of aromatic nitrogens is 3. The molecule has 1 aromatic rings. The SMILES string of the molecule is CCN=C(NN)c1cn[nH]n1. The Labute approximate surface area is 63.9 Å². The van der Waals surface area contributed by atoms with Crippen LogP contribution in [0.3, 0.4) is 0 Å². The first-order valence-electron chi connectivity index (χ1n) is 3.25. The Morgan fingerprint density at radius 3 is 3.18 bits per heavy atom. The van der Waals surface area contributed by atoms with Crippen molar-refractivity contribution in [3.8, 4) is 0 Å². The molecule has 0 radical (unpaired) electrons. The molecule has 6 heteroatoms. The number of rotatable bonds is 2. The van der Waals surface area contributed by atoms with Crippen molar-refractivity contribution in [2.24, 2.45) is 10.8 Å². The summed E-state index contributed by atoms with van der Waals surface area (Å²) >= 11 is 0. The average Bonchev–Trinajstić information content (AvgIpc) is 2.52. The summed E-state index contributed by atoms with van der Waals surface area (Å²) in [5.74, 6) is 5.73. The molecule has 6 nitrogen and oxygen atoms in total. The summed E-state index contributed by atoms with van der Waals surface area (Å²) in [7, 11) is 0. The van der Waals surface area contributed by atoms with E-state index in [1.165, 1.54) is 0 Å². The Bertz CT molecular complexity index is 225. The lowest BCUT2D eigenvalue weighted by atomic mass is 10.4. The van der Waals surface area contributed by atoms with Gasteiger partial charge in [-0.25, -0.2) is 5.84 Å². The fourth-order valence-electron chi connectivity index (χ4n) is 0.674. The van der Waals surface area contributed by atoms with Gasteiger partial charge in [0, 0.05) is 6.54 Å². The highest BCUT2D eigenvalue weighted by Gasteiger charge is 2.01. The molecule has 0 aliphatic heterocycles. The van der Waals surface area contributed by atoms with Gasteiger partial charge >= 0.3 is 0 Å². The van der Waals surface area contributed by atoms with Gasteiger partial charge in [-0.05, 0) is 6.92 Å². The number of nitrogens with two attached hydrogens (primary N) is 1. The van der Waals surface area contributed by atoms with E-state index in [1.54, 1.807) is 6.20 Å². The van der Waals surface area contributed by atoms with E-state index in [4.69, 9.17) is 5.84 Å². The molecule has 0 spiro atoms. The van der Waals surface area contributed by atoms with Crippen LogP contribution in [-0.4, -0.2) is 27.8 Å². The molecule has 0 bridgehead atoms. The molecule has 0 saturated heterocycles. The van der Waals surface area contributed by atoms with E-state index >= 15 is 0 Å². The van der Waals surface area contributed by atoms with Crippen molar-refractivity contribution in [3.63, 3.8) is 0 Å². The number of hydrogen-bond acceptors (Lipinski definition) is 4. The van der Waals surface area contributed by atoms with Crippen molar-refractivity contribution in [2.45, 2.75) is 6.92 Å². The summed E-state index contributed by atoms with van der Waals surface area (Å²) in [5, 5.41) is 9.88. The molecule has 0 atom stereocenters. The number of H-pyrrole nitrogens is 1. The van der Waals surface area contributed by atoms with Gasteiger partial charge in [-0.3, -0.25) is 4.99 Å². The topological polar surface area (TPSA) is 92.0 Å². The quantitative estimate of drug-likeness (QED) is 0.221. The molecule has 1 rings (SSSR count). The number of nitrogens with zero attached hydrogens (tertiary/aromatic N) is 3. The zero-order valence-electron chi connectivity index (χ0n) is 6.20.